The summed E-state index contributed by atoms with van der Waals surface area (Å²) in [7, 11) is 1.65. The van der Waals surface area contributed by atoms with Gasteiger partial charge in [0.25, 0.3) is 0 Å². The van der Waals surface area contributed by atoms with Crippen LogP contribution in [0.1, 0.15) is 36.7 Å². The third-order valence-electron chi connectivity index (χ3n) is 4.44. The predicted molar refractivity (Wildman–Crippen MR) is 92.3 cm³/mol. The lowest BCUT2D eigenvalue weighted by Crippen LogP contribution is -2.48. The van der Waals surface area contributed by atoms with Gasteiger partial charge in [-0.2, -0.15) is 4.98 Å². The number of methoxy groups -OCH3 is 1. The number of benzene rings is 1. The number of piperazine rings is 1. The Morgan fingerprint density at radius 3 is 2.88 bits per heavy atom. The molecular formula is C18H24N4O3. The standard InChI is InChI=1S/C18H24N4O3/c1-3-16-20-17(25-21-16)8-9-18(23)22-11-10-19-12-15(22)13-4-6-14(24-2)7-5-13/h4-7,15,19H,3,8-12H2,1-2H3/t15-/m0/s1. The average molecular weight is 344 g/mol. The first-order valence-electron chi connectivity index (χ1n) is 8.67. The number of amides is 1. The van der Waals surface area contributed by atoms with Crippen molar-refractivity contribution in [3.05, 3.63) is 41.5 Å². The van der Waals surface area contributed by atoms with E-state index in [1.54, 1.807) is 7.11 Å². The Labute approximate surface area is 147 Å². The van der Waals surface area contributed by atoms with E-state index < -0.39 is 0 Å². The molecule has 1 amide bonds. The maximum Gasteiger partial charge on any atom is 0.227 e. The van der Waals surface area contributed by atoms with Gasteiger partial charge in [0.15, 0.2) is 5.82 Å². The number of aromatic nitrogens is 2. The van der Waals surface area contributed by atoms with Crippen molar-refractivity contribution in [2.24, 2.45) is 0 Å². The number of carbonyl (C=O) groups is 1. The van der Waals surface area contributed by atoms with Gasteiger partial charge in [-0.05, 0) is 17.7 Å². The summed E-state index contributed by atoms with van der Waals surface area (Å²) in [5, 5.41) is 7.24. The van der Waals surface area contributed by atoms with Crippen LogP contribution in [0.3, 0.4) is 0 Å². The molecule has 1 aliphatic rings. The molecule has 1 aromatic carbocycles. The number of rotatable bonds is 6. The molecule has 1 fully saturated rings. The molecule has 1 aliphatic heterocycles. The monoisotopic (exact) mass is 344 g/mol. The zero-order chi connectivity index (χ0) is 17.6. The van der Waals surface area contributed by atoms with Crippen molar-refractivity contribution in [1.29, 1.82) is 0 Å². The second-order valence-corrected chi connectivity index (χ2v) is 6.04. The minimum Gasteiger partial charge on any atom is -0.497 e. The summed E-state index contributed by atoms with van der Waals surface area (Å²) in [4.78, 5) is 18.9. The van der Waals surface area contributed by atoms with Gasteiger partial charge >= 0.3 is 0 Å². The van der Waals surface area contributed by atoms with E-state index in [0.717, 1.165) is 30.8 Å². The zero-order valence-electron chi connectivity index (χ0n) is 14.7. The van der Waals surface area contributed by atoms with Gasteiger partial charge in [-0.3, -0.25) is 4.79 Å². The number of aryl methyl sites for hydroxylation is 2. The smallest absolute Gasteiger partial charge is 0.227 e. The topological polar surface area (TPSA) is 80.5 Å². The lowest BCUT2D eigenvalue weighted by atomic mass is 10.0. The molecule has 0 aliphatic carbocycles. The number of nitrogens with zero attached hydrogens (tertiary/aromatic N) is 3. The second-order valence-electron chi connectivity index (χ2n) is 6.04. The number of hydrogen-bond donors (Lipinski definition) is 1. The molecule has 0 bridgehead atoms. The lowest BCUT2D eigenvalue weighted by molar-refractivity contribution is -0.134. The SMILES string of the molecule is CCc1noc(CCC(=O)N2CCNC[C@H]2c2ccc(OC)cc2)n1. The molecule has 3 rings (SSSR count). The Bertz CT molecular complexity index is 699. The van der Waals surface area contributed by atoms with Crippen LogP contribution in [0.2, 0.25) is 0 Å². The molecule has 1 aromatic heterocycles. The Morgan fingerprint density at radius 1 is 1.40 bits per heavy atom. The minimum absolute atomic E-state index is 0.0287. The third-order valence-corrected chi connectivity index (χ3v) is 4.44. The summed E-state index contributed by atoms with van der Waals surface area (Å²) in [6.07, 6.45) is 1.58. The molecule has 7 heteroatoms. The molecule has 25 heavy (non-hydrogen) atoms. The van der Waals surface area contributed by atoms with Gasteiger partial charge in [-0.1, -0.05) is 24.2 Å². The van der Waals surface area contributed by atoms with Crippen molar-refractivity contribution < 1.29 is 14.1 Å². The van der Waals surface area contributed by atoms with Gasteiger partial charge in [0, 0.05) is 38.9 Å². The van der Waals surface area contributed by atoms with Crippen LogP contribution >= 0.6 is 0 Å². The molecule has 0 saturated carbocycles. The Kier molecular flexibility index (Phi) is 5.65. The minimum atomic E-state index is 0.0287. The van der Waals surface area contributed by atoms with E-state index in [9.17, 15) is 4.79 Å². The maximum absolute atomic E-state index is 12.7. The molecule has 0 spiro atoms. The van der Waals surface area contributed by atoms with Gasteiger partial charge in [0.05, 0.1) is 13.2 Å². The Hall–Kier alpha value is -2.41. The quantitative estimate of drug-likeness (QED) is 0.860. The first-order valence-corrected chi connectivity index (χ1v) is 8.67. The van der Waals surface area contributed by atoms with Crippen LogP contribution < -0.4 is 10.1 Å². The fraction of sp³-hybridized carbons (Fsp3) is 0.500. The highest BCUT2D eigenvalue weighted by molar-refractivity contribution is 5.77. The van der Waals surface area contributed by atoms with Crippen LogP contribution in [0.4, 0.5) is 0 Å². The van der Waals surface area contributed by atoms with E-state index in [2.05, 4.69) is 15.5 Å². The van der Waals surface area contributed by atoms with Crippen molar-refractivity contribution in [1.82, 2.24) is 20.4 Å². The van der Waals surface area contributed by atoms with Gasteiger partial charge in [-0.15, -0.1) is 0 Å². The normalized spacial score (nSPS) is 17.5. The first-order chi connectivity index (χ1) is 12.2. The predicted octanol–water partition coefficient (Wildman–Crippen LogP) is 1.75. The Balaban J connectivity index is 1.65. The Morgan fingerprint density at radius 2 is 2.20 bits per heavy atom. The highest BCUT2D eigenvalue weighted by atomic mass is 16.5. The molecule has 1 saturated heterocycles. The molecule has 134 valence electrons. The molecule has 2 aromatic rings. The number of ether oxygens (including phenoxy) is 1. The van der Waals surface area contributed by atoms with Gasteiger partial charge in [0.2, 0.25) is 11.8 Å². The van der Waals surface area contributed by atoms with Crippen molar-refractivity contribution in [3.63, 3.8) is 0 Å². The summed E-state index contributed by atoms with van der Waals surface area (Å²) in [5.41, 5.74) is 1.10. The van der Waals surface area contributed by atoms with Crippen LogP contribution in [-0.4, -0.2) is 47.7 Å². The van der Waals surface area contributed by atoms with E-state index in [1.165, 1.54) is 0 Å². The van der Waals surface area contributed by atoms with E-state index in [1.807, 2.05) is 36.1 Å². The third kappa shape index (κ3) is 4.17. The van der Waals surface area contributed by atoms with E-state index in [0.29, 0.717) is 31.1 Å². The van der Waals surface area contributed by atoms with Gasteiger partial charge < -0.3 is 19.5 Å². The summed E-state index contributed by atoms with van der Waals surface area (Å²) in [5.74, 6) is 2.13. The number of carbonyl (C=O) groups excluding carboxylic acids is 1. The molecule has 7 nitrogen and oxygen atoms in total. The largest absolute Gasteiger partial charge is 0.497 e. The highest BCUT2D eigenvalue weighted by Crippen LogP contribution is 2.25. The molecule has 0 unspecified atom stereocenters. The number of nitrogens with one attached hydrogen (secondary N) is 1. The van der Waals surface area contributed by atoms with E-state index in [-0.39, 0.29) is 11.9 Å². The molecule has 2 heterocycles. The van der Waals surface area contributed by atoms with Crippen LogP contribution in [0.15, 0.2) is 28.8 Å². The van der Waals surface area contributed by atoms with Crippen LogP contribution in [0.5, 0.6) is 5.75 Å². The summed E-state index contributed by atoms with van der Waals surface area (Å²) in [6, 6.07) is 7.92. The molecule has 1 N–H and O–H groups in total. The summed E-state index contributed by atoms with van der Waals surface area (Å²) >= 11 is 0. The highest BCUT2D eigenvalue weighted by Gasteiger charge is 2.27. The average Bonchev–Trinajstić information content (AvgIpc) is 3.14. The number of hydrogen-bond acceptors (Lipinski definition) is 6. The first kappa shape index (κ1) is 17.4. The van der Waals surface area contributed by atoms with Gasteiger partial charge in [-0.25, -0.2) is 0 Å². The molecule has 0 radical (unpaired) electrons. The van der Waals surface area contributed by atoms with Crippen LogP contribution in [0.25, 0.3) is 0 Å². The van der Waals surface area contributed by atoms with Crippen LogP contribution in [0, 0.1) is 0 Å². The van der Waals surface area contributed by atoms with Crippen LogP contribution in [-0.2, 0) is 17.6 Å². The van der Waals surface area contributed by atoms with Crippen molar-refractivity contribution in [2.45, 2.75) is 32.2 Å². The molecular weight excluding hydrogens is 320 g/mol. The summed E-state index contributed by atoms with van der Waals surface area (Å²) in [6.45, 7) is 4.22. The fourth-order valence-electron chi connectivity index (χ4n) is 3.02. The summed E-state index contributed by atoms with van der Waals surface area (Å²) < 4.78 is 10.4. The second kappa shape index (κ2) is 8.11. The van der Waals surface area contributed by atoms with Crippen molar-refractivity contribution in [2.75, 3.05) is 26.7 Å². The lowest BCUT2D eigenvalue weighted by Gasteiger charge is -2.36. The van der Waals surface area contributed by atoms with Gasteiger partial charge in [0.1, 0.15) is 5.75 Å². The van der Waals surface area contributed by atoms with Crippen molar-refractivity contribution >= 4 is 5.91 Å². The molecule has 1 atom stereocenters. The zero-order valence-corrected chi connectivity index (χ0v) is 14.7. The van der Waals surface area contributed by atoms with E-state index in [4.69, 9.17) is 9.26 Å². The maximum atomic E-state index is 12.7. The fourth-order valence-corrected chi connectivity index (χ4v) is 3.02. The van der Waals surface area contributed by atoms with Crippen molar-refractivity contribution in [3.8, 4) is 5.75 Å². The van der Waals surface area contributed by atoms with E-state index >= 15 is 0 Å².